The number of nitrogens with one attached hydrogen (secondary N) is 3. The molecule has 2 rings (SSSR count). The molecule has 0 bridgehead atoms. The Balaban J connectivity index is 2.16. The highest BCUT2D eigenvalue weighted by Gasteiger charge is 2.14. The van der Waals surface area contributed by atoms with Crippen molar-refractivity contribution < 1.29 is 9.59 Å². The molecule has 8 heteroatoms. The number of halogens is 3. The summed E-state index contributed by atoms with van der Waals surface area (Å²) in [5.74, 6) is -0.278. The second kappa shape index (κ2) is 9.08. The monoisotopic (exact) mass is 443 g/mol. The minimum atomic E-state index is -0.513. The molecule has 0 aliphatic heterocycles. The van der Waals surface area contributed by atoms with E-state index in [1.165, 1.54) is 6.07 Å². The van der Waals surface area contributed by atoms with E-state index < -0.39 is 6.03 Å². The Morgan fingerprint density at radius 2 is 1.80 bits per heavy atom. The van der Waals surface area contributed by atoms with Gasteiger partial charge in [0.2, 0.25) is 0 Å². The number of carbonyl (C=O) groups is 2. The Kier molecular flexibility index (Phi) is 7.11. The van der Waals surface area contributed by atoms with Crippen molar-refractivity contribution in [3.63, 3.8) is 0 Å². The van der Waals surface area contributed by atoms with Crippen LogP contribution in [-0.2, 0) is 0 Å². The zero-order valence-electron chi connectivity index (χ0n) is 13.3. The van der Waals surface area contributed by atoms with Crippen LogP contribution >= 0.6 is 39.1 Å². The van der Waals surface area contributed by atoms with Gasteiger partial charge in [-0.2, -0.15) is 0 Å². The SMILES string of the molecule is CCCNC(=O)c1ccc(Cl)cc1NC(=O)Nc1cc(Cl)cc(Br)c1. The summed E-state index contributed by atoms with van der Waals surface area (Å²) < 4.78 is 0.734. The number of rotatable bonds is 5. The highest BCUT2D eigenvalue weighted by molar-refractivity contribution is 9.10. The molecule has 0 atom stereocenters. The average molecular weight is 445 g/mol. The van der Waals surface area contributed by atoms with Crippen LogP contribution in [0.5, 0.6) is 0 Å². The van der Waals surface area contributed by atoms with Gasteiger partial charge < -0.3 is 16.0 Å². The highest BCUT2D eigenvalue weighted by Crippen LogP contribution is 2.24. The van der Waals surface area contributed by atoms with Crippen LogP contribution in [0.4, 0.5) is 16.2 Å². The maximum Gasteiger partial charge on any atom is 0.323 e. The van der Waals surface area contributed by atoms with Gasteiger partial charge in [0, 0.05) is 26.8 Å². The summed E-state index contributed by atoms with van der Waals surface area (Å²) in [6.07, 6.45) is 0.812. The predicted molar refractivity (Wildman–Crippen MR) is 106 cm³/mol. The van der Waals surface area contributed by atoms with Gasteiger partial charge >= 0.3 is 6.03 Å². The first-order valence-corrected chi connectivity index (χ1v) is 9.05. The standard InChI is InChI=1S/C17H16BrCl2N3O2/c1-2-5-21-16(24)14-4-3-11(19)9-15(14)23-17(25)22-13-7-10(18)6-12(20)8-13/h3-4,6-9H,2,5H2,1H3,(H,21,24)(H2,22,23,25). The van der Waals surface area contributed by atoms with Crippen molar-refractivity contribution >= 4 is 62.4 Å². The molecule has 0 heterocycles. The van der Waals surface area contributed by atoms with Crippen LogP contribution in [0.15, 0.2) is 40.9 Å². The molecule has 0 fully saturated rings. The lowest BCUT2D eigenvalue weighted by Crippen LogP contribution is -2.27. The van der Waals surface area contributed by atoms with E-state index in [-0.39, 0.29) is 5.91 Å². The van der Waals surface area contributed by atoms with Gasteiger partial charge in [-0.25, -0.2) is 4.79 Å². The van der Waals surface area contributed by atoms with Crippen LogP contribution in [0.1, 0.15) is 23.7 Å². The highest BCUT2D eigenvalue weighted by atomic mass is 79.9. The summed E-state index contributed by atoms with van der Waals surface area (Å²) in [6.45, 7) is 2.50. The van der Waals surface area contributed by atoms with Crippen LogP contribution in [0.2, 0.25) is 10.0 Å². The topological polar surface area (TPSA) is 70.2 Å². The maximum atomic E-state index is 12.2. The van der Waals surface area contributed by atoms with Gasteiger partial charge in [-0.1, -0.05) is 46.1 Å². The maximum absolute atomic E-state index is 12.2. The van der Waals surface area contributed by atoms with E-state index in [0.717, 1.165) is 10.9 Å². The number of amides is 3. The van der Waals surface area contributed by atoms with Crippen molar-refractivity contribution in [3.8, 4) is 0 Å². The Labute approximate surface area is 164 Å². The summed E-state index contributed by atoms with van der Waals surface area (Å²) in [4.78, 5) is 24.5. The van der Waals surface area contributed by atoms with Crippen molar-refractivity contribution in [2.24, 2.45) is 0 Å². The van der Waals surface area contributed by atoms with Gasteiger partial charge in [0.15, 0.2) is 0 Å². The summed E-state index contributed by atoms with van der Waals surface area (Å²) in [6, 6.07) is 9.20. The lowest BCUT2D eigenvalue weighted by molar-refractivity contribution is 0.0954. The Hall–Kier alpha value is -1.76. The number of carbonyl (C=O) groups excluding carboxylic acids is 2. The van der Waals surface area contributed by atoms with E-state index in [4.69, 9.17) is 23.2 Å². The lowest BCUT2D eigenvalue weighted by Gasteiger charge is -2.13. The Morgan fingerprint density at radius 3 is 2.48 bits per heavy atom. The molecule has 0 unspecified atom stereocenters. The van der Waals surface area contributed by atoms with Crippen molar-refractivity contribution in [1.29, 1.82) is 0 Å². The second-order valence-corrected chi connectivity index (χ2v) is 6.97. The normalized spacial score (nSPS) is 10.2. The van der Waals surface area contributed by atoms with Crippen molar-refractivity contribution in [2.45, 2.75) is 13.3 Å². The third kappa shape index (κ3) is 5.92. The number of anilines is 2. The molecule has 5 nitrogen and oxygen atoms in total. The number of hydrogen-bond acceptors (Lipinski definition) is 2. The summed E-state index contributed by atoms with van der Waals surface area (Å²) in [5, 5.41) is 8.96. The first kappa shape index (κ1) is 19.6. The predicted octanol–water partition coefficient (Wildman–Crippen LogP) is 5.54. The Morgan fingerprint density at radius 1 is 1.04 bits per heavy atom. The zero-order chi connectivity index (χ0) is 18.4. The molecule has 0 radical (unpaired) electrons. The molecule has 0 aromatic heterocycles. The Bertz CT molecular complexity index is 779. The van der Waals surface area contributed by atoms with Crippen molar-refractivity contribution in [1.82, 2.24) is 5.32 Å². The van der Waals surface area contributed by atoms with E-state index in [0.29, 0.717) is 33.5 Å². The third-order valence-electron chi connectivity index (χ3n) is 3.13. The van der Waals surface area contributed by atoms with Gasteiger partial charge in [0.1, 0.15) is 0 Å². The fourth-order valence-electron chi connectivity index (χ4n) is 2.06. The first-order valence-electron chi connectivity index (χ1n) is 7.51. The number of urea groups is 1. The molecule has 0 spiro atoms. The van der Waals surface area contributed by atoms with Crippen LogP contribution in [0, 0.1) is 0 Å². The zero-order valence-corrected chi connectivity index (χ0v) is 16.4. The van der Waals surface area contributed by atoms with E-state index in [9.17, 15) is 9.59 Å². The molecule has 3 N–H and O–H groups in total. The smallest absolute Gasteiger partial charge is 0.323 e. The van der Waals surface area contributed by atoms with Gasteiger partial charge in [-0.3, -0.25) is 4.79 Å². The minimum Gasteiger partial charge on any atom is -0.352 e. The van der Waals surface area contributed by atoms with Crippen LogP contribution in [0.3, 0.4) is 0 Å². The van der Waals surface area contributed by atoms with Gasteiger partial charge in [-0.15, -0.1) is 0 Å². The van der Waals surface area contributed by atoms with Crippen molar-refractivity contribution in [2.75, 3.05) is 17.2 Å². The largest absolute Gasteiger partial charge is 0.352 e. The molecular weight excluding hydrogens is 429 g/mol. The second-order valence-electron chi connectivity index (χ2n) is 5.18. The molecule has 2 aromatic carbocycles. The fraction of sp³-hybridized carbons (Fsp3) is 0.176. The van der Waals surface area contributed by atoms with Gasteiger partial charge in [-0.05, 0) is 42.8 Å². The quantitative estimate of drug-likeness (QED) is 0.566. The van der Waals surface area contributed by atoms with Crippen LogP contribution in [0.25, 0.3) is 0 Å². The van der Waals surface area contributed by atoms with E-state index in [2.05, 4.69) is 31.9 Å². The average Bonchev–Trinajstić information content (AvgIpc) is 2.51. The van der Waals surface area contributed by atoms with Gasteiger partial charge in [0.05, 0.1) is 11.3 Å². The number of benzene rings is 2. The molecule has 0 aliphatic carbocycles. The minimum absolute atomic E-state index is 0.278. The molecular formula is C17H16BrCl2N3O2. The van der Waals surface area contributed by atoms with Crippen molar-refractivity contribution in [3.05, 3.63) is 56.5 Å². The molecule has 2 aromatic rings. The van der Waals surface area contributed by atoms with E-state index in [1.54, 1.807) is 30.3 Å². The molecule has 3 amide bonds. The van der Waals surface area contributed by atoms with E-state index in [1.807, 2.05) is 6.92 Å². The molecule has 0 saturated heterocycles. The fourth-order valence-corrected chi connectivity index (χ4v) is 3.09. The van der Waals surface area contributed by atoms with Gasteiger partial charge in [0.25, 0.3) is 5.91 Å². The third-order valence-corrected chi connectivity index (χ3v) is 4.04. The van der Waals surface area contributed by atoms with Crippen LogP contribution < -0.4 is 16.0 Å². The molecule has 0 saturated carbocycles. The van der Waals surface area contributed by atoms with E-state index >= 15 is 0 Å². The molecule has 25 heavy (non-hydrogen) atoms. The molecule has 132 valence electrons. The first-order chi connectivity index (χ1) is 11.9. The number of hydrogen-bond donors (Lipinski definition) is 3. The summed E-state index contributed by atoms with van der Waals surface area (Å²) in [7, 11) is 0. The van der Waals surface area contributed by atoms with Crippen LogP contribution in [-0.4, -0.2) is 18.5 Å². The lowest BCUT2D eigenvalue weighted by atomic mass is 10.1. The summed E-state index contributed by atoms with van der Waals surface area (Å²) in [5.41, 5.74) is 1.16. The summed E-state index contributed by atoms with van der Waals surface area (Å²) >= 11 is 15.2. The molecule has 0 aliphatic rings.